The molecule has 0 aliphatic rings. The number of anilines is 1. The minimum Gasteiger partial charge on any atom is -0.399 e. The van der Waals surface area contributed by atoms with Crippen molar-refractivity contribution < 1.29 is 4.79 Å². The van der Waals surface area contributed by atoms with Crippen LogP contribution in [0.3, 0.4) is 0 Å². The smallest absolute Gasteiger partial charge is 0.224 e. The highest BCUT2D eigenvalue weighted by Gasteiger charge is 2.10. The Morgan fingerprint density at radius 1 is 1.33 bits per heavy atom. The Morgan fingerprint density at radius 3 is 2.67 bits per heavy atom. The molecule has 2 rings (SSSR count). The zero-order valence-corrected chi connectivity index (χ0v) is 11.0. The summed E-state index contributed by atoms with van der Waals surface area (Å²) in [6.07, 6.45) is 0.385. The van der Waals surface area contributed by atoms with Crippen molar-refractivity contribution in [2.45, 2.75) is 19.4 Å². The molecule has 0 bridgehead atoms. The fourth-order valence-electron chi connectivity index (χ4n) is 1.72. The lowest BCUT2D eigenvalue weighted by Gasteiger charge is -2.12. The third kappa shape index (κ3) is 3.34. The number of hydrogen-bond donors (Lipinski definition) is 2. The number of benzene rings is 1. The normalized spacial score (nSPS) is 12.1. The molecule has 0 radical (unpaired) electrons. The highest BCUT2D eigenvalue weighted by Crippen LogP contribution is 2.18. The number of carbonyl (C=O) groups is 1. The number of nitrogen functional groups attached to an aromatic ring is 1. The van der Waals surface area contributed by atoms with E-state index in [1.165, 1.54) is 4.88 Å². The first-order valence-electron chi connectivity index (χ1n) is 5.82. The molecule has 18 heavy (non-hydrogen) atoms. The third-order valence-corrected chi connectivity index (χ3v) is 3.75. The predicted molar refractivity (Wildman–Crippen MR) is 75.4 cm³/mol. The maximum atomic E-state index is 11.9. The molecule has 1 aromatic heterocycles. The molecule has 0 saturated carbocycles. The lowest BCUT2D eigenvalue weighted by Crippen LogP contribution is -2.27. The maximum Gasteiger partial charge on any atom is 0.224 e. The summed E-state index contributed by atoms with van der Waals surface area (Å²) in [6, 6.07) is 11.5. The monoisotopic (exact) mass is 260 g/mol. The van der Waals surface area contributed by atoms with Gasteiger partial charge in [-0.2, -0.15) is 0 Å². The predicted octanol–water partition coefficient (Wildman–Crippen LogP) is 2.75. The van der Waals surface area contributed by atoms with Crippen LogP contribution in [0.1, 0.15) is 23.4 Å². The summed E-state index contributed by atoms with van der Waals surface area (Å²) in [4.78, 5) is 13.0. The van der Waals surface area contributed by atoms with Crippen molar-refractivity contribution in [1.82, 2.24) is 5.32 Å². The standard InChI is InChI=1S/C14H16N2OS/c1-10(13-3-2-8-18-13)16-14(17)9-11-4-6-12(15)7-5-11/h2-8,10H,9,15H2,1H3,(H,16,17)/t10-/m1/s1. The molecular formula is C14H16N2OS. The van der Waals surface area contributed by atoms with Crippen molar-refractivity contribution in [3.05, 3.63) is 52.2 Å². The zero-order valence-electron chi connectivity index (χ0n) is 10.2. The third-order valence-electron chi connectivity index (χ3n) is 2.69. The number of nitrogens with two attached hydrogens (primary N) is 1. The van der Waals surface area contributed by atoms with E-state index < -0.39 is 0 Å². The van der Waals surface area contributed by atoms with Gasteiger partial charge < -0.3 is 11.1 Å². The van der Waals surface area contributed by atoms with E-state index in [1.54, 1.807) is 11.3 Å². The second kappa shape index (κ2) is 5.69. The summed E-state index contributed by atoms with van der Waals surface area (Å²) in [5, 5.41) is 5.00. The molecule has 1 atom stereocenters. The van der Waals surface area contributed by atoms with Crippen molar-refractivity contribution in [1.29, 1.82) is 0 Å². The van der Waals surface area contributed by atoms with Gasteiger partial charge in [0.2, 0.25) is 5.91 Å². The molecule has 0 spiro atoms. The molecular weight excluding hydrogens is 244 g/mol. The van der Waals surface area contributed by atoms with Gasteiger partial charge >= 0.3 is 0 Å². The fraction of sp³-hybridized carbons (Fsp3) is 0.214. The van der Waals surface area contributed by atoms with Gasteiger partial charge in [0, 0.05) is 10.6 Å². The van der Waals surface area contributed by atoms with Gasteiger partial charge in [0.25, 0.3) is 0 Å². The van der Waals surface area contributed by atoms with Crippen LogP contribution in [0.15, 0.2) is 41.8 Å². The van der Waals surface area contributed by atoms with Crippen molar-refractivity contribution in [2.24, 2.45) is 0 Å². The number of amides is 1. The van der Waals surface area contributed by atoms with E-state index in [1.807, 2.05) is 48.7 Å². The van der Waals surface area contributed by atoms with Crippen molar-refractivity contribution in [2.75, 3.05) is 5.73 Å². The Kier molecular flexibility index (Phi) is 3.99. The second-order valence-corrected chi connectivity index (χ2v) is 5.20. The van der Waals surface area contributed by atoms with Gasteiger partial charge in [0.05, 0.1) is 12.5 Å². The van der Waals surface area contributed by atoms with Crippen LogP contribution < -0.4 is 11.1 Å². The van der Waals surface area contributed by atoms with Crippen LogP contribution in [0.25, 0.3) is 0 Å². The van der Waals surface area contributed by atoms with Gasteiger partial charge in [-0.1, -0.05) is 18.2 Å². The number of hydrogen-bond acceptors (Lipinski definition) is 3. The quantitative estimate of drug-likeness (QED) is 0.830. The molecule has 1 amide bonds. The molecule has 1 aromatic carbocycles. The van der Waals surface area contributed by atoms with Gasteiger partial charge in [-0.05, 0) is 36.1 Å². The van der Waals surface area contributed by atoms with Crippen molar-refractivity contribution >= 4 is 22.9 Å². The van der Waals surface area contributed by atoms with Gasteiger partial charge in [0.15, 0.2) is 0 Å². The first kappa shape index (κ1) is 12.6. The van der Waals surface area contributed by atoms with Crippen LogP contribution in [0.5, 0.6) is 0 Å². The minimum atomic E-state index is 0.0284. The van der Waals surface area contributed by atoms with Crippen LogP contribution in [0.4, 0.5) is 5.69 Å². The largest absolute Gasteiger partial charge is 0.399 e. The van der Waals surface area contributed by atoms with E-state index in [0.29, 0.717) is 12.1 Å². The minimum absolute atomic E-state index is 0.0284. The van der Waals surface area contributed by atoms with Crippen molar-refractivity contribution in [3.8, 4) is 0 Å². The summed E-state index contributed by atoms with van der Waals surface area (Å²) in [5.41, 5.74) is 7.29. The van der Waals surface area contributed by atoms with E-state index in [4.69, 9.17) is 5.73 Å². The zero-order chi connectivity index (χ0) is 13.0. The number of rotatable bonds is 4. The van der Waals surface area contributed by atoms with E-state index in [-0.39, 0.29) is 11.9 Å². The lowest BCUT2D eigenvalue weighted by molar-refractivity contribution is -0.121. The molecule has 0 saturated heterocycles. The summed E-state index contributed by atoms with van der Waals surface area (Å²) >= 11 is 1.65. The highest BCUT2D eigenvalue weighted by atomic mass is 32.1. The Hall–Kier alpha value is -1.81. The Labute approximate surface area is 111 Å². The Bertz CT molecular complexity index is 505. The molecule has 2 aromatic rings. The van der Waals surface area contributed by atoms with Crippen molar-refractivity contribution in [3.63, 3.8) is 0 Å². The summed E-state index contributed by atoms with van der Waals surface area (Å²) in [7, 11) is 0. The molecule has 0 aliphatic heterocycles. The molecule has 4 heteroatoms. The molecule has 3 nitrogen and oxygen atoms in total. The molecule has 3 N–H and O–H groups in total. The van der Waals surface area contributed by atoms with Crippen LogP contribution in [0, 0.1) is 0 Å². The average Bonchev–Trinajstić information content (AvgIpc) is 2.85. The summed E-state index contributed by atoms with van der Waals surface area (Å²) < 4.78 is 0. The second-order valence-electron chi connectivity index (χ2n) is 4.22. The molecule has 0 aliphatic carbocycles. The van der Waals surface area contributed by atoms with Crippen LogP contribution in [-0.2, 0) is 11.2 Å². The summed E-state index contributed by atoms with van der Waals surface area (Å²) in [6.45, 7) is 1.99. The van der Waals surface area contributed by atoms with Crippen LogP contribution in [-0.4, -0.2) is 5.91 Å². The molecule has 94 valence electrons. The van der Waals surface area contributed by atoms with E-state index >= 15 is 0 Å². The first-order valence-corrected chi connectivity index (χ1v) is 6.70. The van der Waals surface area contributed by atoms with Gasteiger partial charge in [0.1, 0.15) is 0 Å². The number of thiophene rings is 1. The van der Waals surface area contributed by atoms with Gasteiger partial charge in [-0.25, -0.2) is 0 Å². The first-order chi connectivity index (χ1) is 8.65. The average molecular weight is 260 g/mol. The summed E-state index contributed by atoms with van der Waals surface area (Å²) in [5.74, 6) is 0.0284. The number of nitrogens with one attached hydrogen (secondary N) is 1. The van der Waals surface area contributed by atoms with Gasteiger partial charge in [-0.3, -0.25) is 4.79 Å². The van der Waals surface area contributed by atoms with Crippen LogP contribution >= 0.6 is 11.3 Å². The van der Waals surface area contributed by atoms with E-state index in [2.05, 4.69) is 5.32 Å². The SMILES string of the molecule is C[C@@H](NC(=O)Cc1ccc(N)cc1)c1cccs1. The fourth-order valence-corrected chi connectivity index (χ4v) is 2.46. The molecule has 0 fully saturated rings. The van der Waals surface area contributed by atoms with E-state index in [9.17, 15) is 4.79 Å². The van der Waals surface area contributed by atoms with Crippen LogP contribution in [0.2, 0.25) is 0 Å². The Balaban J connectivity index is 1.91. The topological polar surface area (TPSA) is 55.1 Å². The molecule has 0 unspecified atom stereocenters. The van der Waals surface area contributed by atoms with E-state index in [0.717, 1.165) is 5.56 Å². The maximum absolute atomic E-state index is 11.9. The Morgan fingerprint density at radius 2 is 2.06 bits per heavy atom. The highest BCUT2D eigenvalue weighted by molar-refractivity contribution is 7.10. The van der Waals surface area contributed by atoms with Gasteiger partial charge in [-0.15, -0.1) is 11.3 Å². The lowest BCUT2D eigenvalue weighted by atomic mass is 10.1. The molecule has 1 heterocycles. The number of carbonyl (C=O) groups excluding carboxylic acids is 1.